The molecule has 0 atom stereocenters. The molecule has 1 saturated heterocycles. The summed E-state index contributed by atoms with van der Waals surface area (Å²) in [5, 5.41) is 20.1. The van der Waals surface area contributed by atoms with Crippen molar-refractivity contribution in [2.75, 3.05) is 18.0 Å². The topological polar surface area (TPSA) is 94.3 Å². The fourth-order valence-corrected chi connectivity index (χ4v) is 5.28. The van der Waals surface area contributed by atoms with Crippen molar-refractivity contribution in [3.05, 3.63) is 46.7 Å². The Morgan fingerprint density at radius 3 is 2.37 bits per heavy atom. The number of nitrogens with zero attached hydrogens (tertiary/aromatic N) is 4. The number of halogens is 4. The van der Waals surface area contributed by atoms with Crippen molar-refractivity contribution in [2.45, 2.75) is 82.6 Å². The van der Waals surface area contributed by atoms with Crippen LogP contribution in [0.15, 0.2) is 35.7 Å². The van der Waals surface area contributed by atoms with Gasteiger partial charge in [-0.3, -0.25) is 4.79 Å². The summed E-state index contributed by atoms with van der Waals surface area (Å²) in [7, 11) is 0. The number of alkyl halides is 3. The number of carbonyl (C=O) groups is 1. The van der Waals surface area contributed by atoms with E-state index in [4.69, 9.17) is 21.7 Å². The Morgan fingerprint density at radius 2 is 1.83 bits per heavy atom. The summed E-state index contributed by atoms with van der Waals surface area (Å²) in [6, 6.07) is 5.44. The van der Waals surface area contributed by atoms with Crippen molar-refractivity contribution in [1.29, 1.82) is 0 Å². The Hall–Kier alpha value is -0.864. The number of thioether (sulfide) groups is 1. The van der Waals surface area contributed by atoms with Gasteiger partial charge in [0.15, 0.2) is 5.16 Å². The van der Waals surface area contributed by atoms with Crippen LogP contribution < -0.4 is 61.4 Å². The molecule has 0 spiro atoms. The van der Waals surface area contributed by atoms with Gasteiger partial charge in [0.1, 0.15) is 5.52 Å². The van der Waals surface area contributed by atoms with Gasteiger partial charge in [-0.15, -0.1) is 5.60 Å². The number of benzene rings is 1. The first-order valence-corrected chi connectivity index (χ1v) is 14.4. The molecule has 3 heterocycles. The van der Waals surface area contributed by atoms with Crippen LogP contribution in [0.4, 0.5) is 18.9 Å². The molecule has 7 nitrogen and oxygen atoms in total. The molecule has 1 aliphatic rings. The maximum absolute atomic E-state index is 13.1. The Balaban J connectivity index is 0.000000902. The predicted molar refractivity (Wildman–Crippen MR) is 151 cm³/mol. The summed E-state index contributed by atoms with van der Waals surface area (Å²) in [5.74, 6) is -1.69. The molecule has 1 aliphatic heterocycles. The van der Waals surface area contributed by atoms with Crippen LogP contribution in [0.25, 0.3) is 11.0 Å². The van der Waals surface area contributed by atoms with Crippen molar-refractivity contribution >= 4 is 46.1 Å². The average Bonchev–Trinajstić information content (AvgIpc) is 3.22. The van der Waals surface area contributed by atoms with Crippen LogP contribution in [0.5, 0.6) is 0 Å². The minimum absolute atomic E-state index is 0. The van der Waals surface area contributed by atoms with Crippen molar-refractivity contribution in [3.63, 3.8) is 0 Å². The fourth-order valence-electron chi connectivity index (χ4n) is 4.34. The number of anilines is 1. The van der Waals surface area contributed by atoms with E-state index in [9.17, 15) is 23.1 Å². The maximum Gasteiger partial charge on any atom is 1.00 e. The first-order chi connectivity index (χ1) is 18.5. The van der Waals surface area contributed by atoms with Crippen LogP contribution in [0, 0.1) is 5.92 Å². The summed E-state index contributed by atoms with van der Waals surface area (Å²) in [4.78, 5) is 22.3. The monoisotopic (exact) mass is 638 g/mol. The normalized spacial score (nSPS) is 14.6. The van der Waals surface area contributed by atoms with Gasteiger partial charge >= 0.3 is 63.5 Å². The number of piperidine rings is 1. The maximum atomic E-state index is 13.1. The second-order valence-corrected chi connectivity index (χ2v) is 12.5. The van der Waals surface area contributed by atoms with Crippen molar-refractivity contribution in [3.8, 4) is 0 Å². The fraction of sp³-hybridized carbons (Fsp3) is 0.536. The summed E-state index contributed by atoms with van der Waals surface area (Å²) >= 11 is 7.52. The number of hydrogen-bond donors (Lipinski definition) is 1. The van der Waals surface area contributed by atoms with Crippen molar-refractivity contribution in [2.24, 2.45) is 5.92 Å². The third-order valence-electron chi connectivity index (χ3n) is 6.20. The van der Waals surface area contributed by atoms with Gasteiger partial charge < -0.3 is 19.7 Å². The molecular weight excluding hydrogens is 604 g/mol. The molecule has 0 saturated carbocycles. The smallest absolute Gasteiger partial charge is 0.850 e. The van der Waals surface area contributed by atoms with Crippen LogP contribution in [0.1, 0.15) is 64.6 Å². The standard InChI is InChI=1S/C24H26ClF3N4O2S.C4H9O.K/c1-14(2)32-12-20(31-7-5-17(6-8-31)24(26,27)28)22-19(32)11-29-23(30-22)35-13-15-3-4-18(25)16(9-15)10-21(33)34;1-4(2,3)5;/h3-4,9,11-12,14,17H,5-8,10,13H2,1-2H3,(H,33,34);1-3H3;/q;-1;+1. The molecule has 41 heavy (non-hydrogen) atoms. The third kappa shape index (κ3) is 11.0. The molecule has 0 bridgehead atoms. The van der Waals surface area contributed by atoms with Crippen molar-refractivity contribution < 1.29 is 79.6 Å². The molecule has 0 unspecified atom stereocenters. The number of fused-ring (bicyclic) bond motifs is 1. The third-order valence-corrected chi connectivity index (χ3v) is 7.51. The molecule has 4 rings (SSSR count). The SMILES string of the molecule is CC(C)(C)[O-].CC(C)n1cc(N2CCC(C(F)(F)F)CC2)c2nc(SCc3ccc(Cl)c(CC(=O)O)c3)ncc21.[K+]. The van der Waals surface area contributed by atoms with Crippen molar-refractivity contribution in [1.82, 2.24) is 14.5 Å². The van der Waals surface area contributed by atoms with Gasteiger partial charge in [0.05, 0.1) is 29.7 Å². The van der Waals surface area contributed by atoms with E-state index in [-0.39, 0.29) is 76.7 Å². The van der Waals surface area contributed by atoms with Crippen LogP contribution >= 0.6 is 23.4 Å². The molecule has 220 valence electrons. The van der Waals surface area contributed by atoms with E-state index in [1.54, 1.807) is 39.1 Å². The molecule has 1 aromatic carbocycles. The second-order valence-electron chi connectivity index (χ2n) is 11.1. The molecular formula is C28H35ClF3KN4O3S. The first-order valence-electron chi connectivity index (χ1n) is 13.0. The number of carboxylic acid groups (broad SMARTS) is 1. The average molecular weight is 639 g/mol. The van der Waals surface area contributed by atoms with Gasteiger partial charge in [0, 0.05) is 36.1 Å². The molecule has 1 fully saturated rings. The van der Waals surface area contributed by atoms with Gasteiger partial charge in [-0.1, -0.05) is 56.3 Å². The molecule has 3 aromatic rings. The zero-order valence-corrected chi connectivity index (χ0v) is 29.0. The zero-order chi connectivity index (χ0) is 29.8. The minimum Gasteiger partial charge on any atom is -0.850 e. The molecule has 0 radical (unpaired) electrons. The van der Waals surface area contributed by atoms with E-state index in [1.807, 2.05) is 35.6 Å². The largest absolute Gasteiger partial charge is 1.00 e. The Bertz CT molecular complexity index is 1320. The van der Waals surface area contributed by atoms with E-state index < -0.39 is 23.7 Å². The summed E-state index contributed by atoms with van der Waals surface area (Å²) < 4.78 is 41.5. The summed E-state index contributed by atoms with van der Waals surface area (Å²) in [6.45, 7) is 9.62. The van der Waals surface area contributed by atoms with Gasteiger partial charge in [-0.05, 0) is 43.9 Å². The Morgan fingerprint density at radius 1 is 1.22 bits per heavy atom. The van der Waals surface area contributed by atoms with E-state index in [2.05, 4.69) is 4.98 Å². The number of rotatable bonds is 7. The summed E-state index contributed by atoms with van der Waals surface area (Å²) in [5.41, 5.74) is 3.09. The number of aromatic nitrogens is 3. The second kappa shape index (κ2) is 15.2. The molecule has 2 aromatic heterocycles. The quantitative estimate of drug-likeness (QED) is 0.241. The van der Waals surface area contributed by atoms with E-state index in [0.717, 1.165) is 22.3 Å². The number of carboxylic acids is 1. The van der Waals surface area contributed by atoms with Gasteiger partial charge in [-0.25, -0.2) is 9.97 Å². The zero-order valence-electron chi connectivity index (χ0n) is 24.3. The van der Waals surface area contributed by atoms with Gasteiger partial charge in [-0.2, -0.15) is 13.2 Å². The van der Waals surface area contributed by atoms with Crippen LogP contribution in [-0.4, -0.2) is 50.5 Å². The van der Waals surface area contributed by atoms with E-state index in [0.29, 0.717) is 34.6 Å². The first kappa shape index (κ1) is 36.3. The molecule has 1 N–H and O–H groups in total. The number of aliphatic carboxylic acids is 1. The van der Waals surface area contributed by atoms with Gasteiger partial charge in [0.2, 0.25) is 0 Å². The Labute approximate surface area is 290 Å². The van der Waals surface area contributed by atoms with E-state index in [1.165, 1.54) is 11.8 Å². The minimum atomic E-state index is -4.16. The van der Waals surface area contributed by atoms with Gasteiger partial charge in [0.25, 0.3) is 0 Å². The molecule has 0 aliphatic carbocycles. The summed E-state index contributed by atoms with van der Waals surface area (Å²) in [6.07, 6.45) is -0.454. The number of hydrogen-bond acceptors (Lipinski definition) is 6. The molecule has 13 heteroatoms. The van der Waals surface area contributed by atoms with Crippen LogP contribution in [-0.2, 0) is 17.0 Å². The predicted octanol–water partition coefficient (Wildman–Crippen LogP) is 3.51. The molecule has 0 amide bonds. The Kier molecular flexibility index (Phi) is 13.5. The van der Waals surface area contributed by atoms with Crippen LogP contribution in [0.3, 0.4) is 0 Å². The van der Waals surface area contributed by atoms with E-state index >= 15 is 0 Å². The van der Waals surface area contributed by atoms with Crippen LogP contribution in [0.2, 0.25) is 5.02 Å².